The van der Waals surface area contributed by atoms with E-state index in [4.69, 9.17) is 5.73 Å². The molecule has 0 saturated carbocycles. The van der Waals surface area contributed by atoms with Gasteiger partial charge in [-0.3, -0.25) is 9.59 Å². The van der Waals surface area contributed by atoms with Crippen molar-refractivity contribution in [2.24, 2.45) is 5.73 Å². The lowest BCUT2D eigenvalue weighted by molar-refractivity contribution is -0.117. The highest BCUT2D eigenvalue weighted by Crippen LogP contribution is 2.04. The van der Waals surface area contributed by atoms with E-state index in [0.29, 0.717) is 12.2 Å². The van der Waals surface area contributed by atoms with Crippen LogP contribution in [-0.2, 0) is 11.3 Å². The van der Waals surface area contributed by atoms with Crippen LogP contribution in [-0.4, -0.2) is 16.5 Å². The Morgan fingerprint density at radius 3 is 2.81 bits per heavy atom. The lowest BCUT2D eigenvalue weighted by Crippen LogP contribution is -2.33. The molecular weight excluding hydrogens is 206 g/mol. The van der Waals surface area contributed by atoms with Crippen LogP contribution in [0.3, 0.4) is 0 Å². The molecule has 1 atom stereocenters. The summed E-state index contributed by atoms with van der Waals surface area (Å²) in [6.07, 6.45) is 2.50. The highest BCUT2D eigenvalue weighted by molar-refractivity contribution is 5.94. The molecule has 0 aliphatic heterocycles. The summed E-state index contributed by atoms with van der Waals surface area (Å²) in [5, 5.41) is 2.64. The van der Waals surface area contributed by atoms with Crippen LogP contribution in [0.25, 0.3) is 0 Å². The molecule has 0 fully saturated rings. The summed E-state index contributed by atoms with van der Waals surface area (Å²) in [6, 6.07) is 2.45. The number of hydrogen-bond acceptors (Lipinski definition) is 3. The number of hydrogen-bond donors (Lipinski definition) is 2. The van der Waals surface area contributed by atoms with E-state index in [1.165, 1.54) is 6.07 Å². The van der Waals surface area contributed by atoms with E-state index in [2.05, 4.69) is 5.32 Å². The maximum absolute atomic E-state index is 11.4. The van der Waals surface area contributed by atoms with Crippen LogP contribution in [0.4, 0.5) is 5.69 Å². The first-order valence-electron chi connectivity index (χ1n) is 5.31. The smallest absolute Gasteiger partial charge is 0.250 e. The first-order valence-corrected chi connectivity index (χ1v) is 5.31. The Balaban J connectivity index is 2.86. The van der Waals surface area contributed by atoms with Gasteiger partial charge in [0.25, 0.3) is 5.56 Å². The van der Waals surface area contributed by atoms with Crippen molar-refractivity contribution >= 4 is 11.6 Å². The molecule has 1 aromatic heterocycles. The third-order valence-electron chi connectivity index (χ3n) is 2.13. The quantitative estimate of drug-likeness (QED) is 0.782. The van der Waals surface area contributed by atoms with Gasteiger partial charge in [0.05, 0.1) is 11.7 Å². The Hall–Kier alpha value is -1.62. The number of aromatic nitrogens is 1. The number of rotatable bonds is 4. The number of anilines is 1. The molecule has 0 aliphatic carbocycles. The zero-order valence-electron chi connectivity index (χ0n) is 9.56. The Bertz CT molecular complexity index is 423. The first-order chi connectivity index (χ1) is 7.54. The predicted octanol–water partition coefficient (Wildman–Crippen LogP) is 0.544. The lowest BCUT2D eigenvalue weighted by Gasteiger charge is -2.10. The van der Waals surface area contributed by atoms with E-state index in [-0.39, 0.29) is 11.5 Å². The van der Waals surface area contributed by atoms with E-state index in [0.717, 1.165) is 6.42 Å². The largest absolute Gasteiger partial charge is 0.323 e. The summed E-state index contributed by atoms with van der Waals surface area (Å²) >= 11 is 0. The number of nitrogens with one attached hydrogen (secondary N) is 1. The molecule has 5 nitrogen and oxygen atoms in total. The molecule has 0 radical (unpaired) electrons. The molecule has 0 spiro atoms. The van der Waals surface area contributed by atoms with Crippen molar-refractivity contribution in [2.45, 2.75) is 32.9 Å². The summed E-state index contributed by atoms with van der Waals surface area (Å²) in [6.45, 7) is 4.23. The van der Waals surface area contributed by atoms with Crippen LogP contribution in [0.2, 0.25) is 0 Å². The van der Waals surface area contributed by atoms with Gasteiger partial charge in [0.1, 0.15) is 0 Å². The second kappa shape index (κ2) is 5.46. The Kier molecular flexibility index (Phi) is 4.25. The van der Waals surface area contributed by atoms with E-state index in [1.54, 1.807) is 23.8 Å². The van der Waals surface area contributed by atoms with Crippen molar-refractivity contribution in [1.82, 2.24) is 4.57 Å². The van der Waals surface area contributed by atoms with Crippen molar-refractivity contribution in [1.29, 1.82) is 0 Å². The van der Waals surface area contributed by atoms with Crippen LogP contribution < -0.4 is 16.6 Å². The van der Waals surface area contributed by atoms with Gasteiger partial charge in [-0.2, -0.15) is 0 Å². The van der Waals surface area contributed by atoms with Crippen molar-refractivity contribution in [3.63, 3.8) is 0 Å². The molecule has 3 N–H and O–H groups in total. The zero-order valence-corrected chi connectivity index (χ0v) is 9.56. The zero-order chi connectivity index (χ0) is 12.1. The molecule has 0 bridgehead atoms. The average molecular weight is 223 g/mol. The van der Waals surface area contributed by atoms with Gasteiger partial charge in [-0.25, -0.2) is 0 Å². The van der Waals surface area contributed by atoms with Gasteiger partial charge < -0.3 is 15.6 Å². The molecule has 16 heavy (non-hydrogen) atoms. The third kappa shape index (κ3) is 3.20. The maximum Gasteiger partial charge on any atom is 0.250 e. The molecule has 1 heterocycles. The molecule has 5 heteroatoms. The van der Waals surface area contributed by atoms with Gasteiger partial charge in [0.15, 0.2) is 0 Å². The Morgan fingerprint density at radius 1 is 1.56 bits per heavy atom. The number of nitrogens with zero attached hydrogens (tertiary/aromatic N) is 1. The van der Waals surface area contributed by atoms with Gasteiger partial charge >= 0.3 is 0 Å². The van der Waals surface area contributed by atoms with Crippen LogP contribution in [0.1, 0.15) is 20.3 Å². The Morgan fingerprint density at radius 2 is 2.25 bits per heavy atom. The Labute approximate surface area is 94.3 Å². The summed E-state index contributed by atoms with van der Waals surface area (Å²) in [7, 11) is 0. The number of nitrogens with two attached hydrogens (primary N) is 1. The van der Waals surface area contributed by atoms with E-state index in [9.17, 15) is 9.59 Å². The van der Waals surface area contributed by atoms with Gasteiger partial charge in [-0.15, -0.1) is 0 Å². The number of carbonyl (C=O) groups is 1. The monoisotopic (exact) mass is 223 g/mol. The van der Waals surface area contributed by atoms with Crippen LogP contribution in [0.5, 0.6) is 0 Å². The molecule has 1 amide bonds. The molecule has 0 aromatic carbocycles. The number of amides is 1. The fraction of sp³-hybridized carbons (Fsp3) is 0.455. The van der Waals surface area contributed by atoms with Crippen LogP contribution in [0, 0.1) is 0 Å². The van der Waals surface area contributed by atoms with Crippen molar-refractivity contribution in [3.05, 3.63) is 28.7 Å². The van der Waals surface area contributed by atoms with Gasteiger partial charge in [-0.05, 0) is 19.4 Å². The second-order valence-electron chi connectivity index (χ2n) is 3.73. The minimum Gasteiger partial charge on any atom is -0.323 e. The maximum atomic E-state index is 11.4. The molecule has 1 rings (SSSR count). The van der Waals surface area contributed by atoms with Crippen molar-refractivity contribution in [2.75, 3.05) is 5.32 Å². The van der Waals surface area contributed by atoms with Gasteiger partial charge in [-0.1, -0.05) is 6.92 Å². The minimum absolute atomic E-state index is 0.0688. The van der Waals surface area contributed by atoms with Crippen LogP contribution in [0.15, 0.2) is 23.1 Å². The van der Waals surface area contributed by atoms with E-state index < -0.39 is 6.04 Å². The standard InChI is InChI=1S/C11H17N3O2/c1-3-6-14-7-9(4-5-10(14)15)13-11(16)8(2)12/h4-5,7-8H,3,6,12H2,1-2H3,(H,13,16)/t8-/m1/s1. The van der Waals surface area contributed by atoms with Gasteiger partial charge in [0, 0.05) is 18.8 Å². The van der Waals surface area contributed by atoms with Crippen LogP contribution >= 0.6 is 0 Å². The highest BCUT2D eigenvalue weighted by Gasteiger charge is 2.07. The molecule has 1 aromatic rings. The number of carbonyl (C=O) groups excluding carboxylic acids is 1. The third-order valence-corrected chi connectivity index (χ3v) is 2.13. The number of aryl methyl sites for hydroxylation is 1. The molecule has 0 saturated heterocycles. The van der Waals surface area contributed by atoms with Crippen molar-refractivity contribution in [3.8, 4) is 0 Å². The first kappa shape index (κ1) is 12.4. The average Bonchev–Trinajstić information content (AvgIpc) is 2.23. The minimum atomic E-state index is -0.563. The summed E-state index contributed by atoms with van der Waals surface area (Å²) < 4.78 is 1.57. The fourth-order valence-electron chi connectivity index (χ4n) is 1.28. The highest BCUT2D eigenvalue weighted by atomic mass is 16.2. The van der Waals surface area contributed by atoms with Crippen molar-refractivity contribution < 1.29 is 4.79 Å². The SMILES string of the molecule is CCCn1cc(NC(=O)[C@@H](C)N)ccc1=O. The second-order valence-corrected chi connectivity index (χ2v) is 3.73. The normalized spacial score (nSPS) is 12.2. The predicted molar refractivity (Wildman–Crippen MR) is 63.3 cm³/mol. The van der Waals surface area contributed by atoms with E-state index in [1.807, 2.05) is 6.92 Å². The van der Waals surface area contributed by atoms with E-state index >= 15 is 0 Å². The fourth-order valence-corrected chi connectivity index (χ4v) is 1.28. The summed E-state index contributed by atoms with van der Waals surface area (Å²) in [5.74, 6) is -0.262. The topological polar surface area (TPSA) is 77.1 Å². The lowest BCUT2D eigenvalue weighted by atomic mass is 10.3. The summed E-state index contributed by atoms with van der Waals surface area (Å²) in [5.41, 5.74) is 5.95. The molecule has 0 aliphatic rings. The number of pyridine rings is 1. The van der Waals surface area contributed by atoms with Gasteiger partial charge in [0.2, 0.25) is 5.91 Å². The summed E-state index contributed by atoms with van der Waals surface area (Å²) in [4.78, 5) is 22.7. The molecule has 88 valence electrons. The molecular formula is C11H17N3O2. The molecule has 0 unspecified atom stereocenters.